The first-order valence-corrected chi connectivity index (χ1v) is 6.79. The van der Waals surface area contributed by atoms with Crippen molar-refractivity contribution in [1.82, 2.24) is 10.2 Å². The molecule has 0 aromatic carbocycles. The van der Waals surface area contributed by atoms with Gasteiger partial charge in [-0.15, -0.1) is 0 Å². The van der Waals surface area contributed by atoms with Crippen LogP contribution in [0, 0.1) is 11.8 Å². The molecule has 1 amide bonds. The van der Waals surface area contributed by atoms with Crippen molar-refractivity contribution in [3.8, 4) is 0 Å². The number of piperidine rings is 1. The third-order valence-corrected chi connectivity index (χ3v) is 3.83. The van der Waals surface area contributed by atoms with Gasteiger partial charge in [0.05, 0.1) is 7.11 Å². The molecule has 0 aromatic heterocycles. The van der Waals surface area contributed by atoms with E-state index in [2.05, 4.69) is 12.2 Å². The number of amides is 1. The SMILES string of the molecule is CCNC1CC(CC2CC2)CN(C(=O)OC)C1. The van der Waals surface area contributed by atoms with Crippen molar-refractivity contribution in [3.05, 3.63) is 0 Å². The summed E-state index contributed by atoms with van der Waals surface area (Å²) >= 11 is 0. The minimum Gasteiger partial charge on any atom is -0.453 e. The lowest BCUT2D eigenvalue weighted by Gasteiger charge is -2.37. The van der Waals surface area contributed by atoms with E-state index < -0.39 is 0 Å². The monoisotopic (exact) mass is 240 g/mol. The number of hydrogen-bond acceptors (Lipinski definition) is 3. The van der Waals surface area contributed by atoms with Crippen molar-refractivity contribution in [1.29, 1.82) is 0 Å². The molecule has 98 valence electrons. The lowest BCUT2D eigenvalue weighted by atomic mass is 9.90. The molecule has 4 nitrogen and oxygen atoms in total. The van der Waals surface area contributed by atoms with Crippen LogP contribution in [0.3, 0.4) is 0 Å². The topological polar surface area (TPSA) is 41.6 Å². The highest BCUT2D eigenvalue weighted by Crippen LogP contribution is 2.37. The number of carbonyl (C=O) groups excluding carboxylic acids is 1. The van der Waals surface area contributed by atoms with E-state index in [1.165, 1.54) is 32.8 Å². The number of nitrogens with zero attached hydrogens (tertiary/aromatic N) is 1. The predicted molar refractivity (Wildman–Crippen MR) is 66.9 cm³/mol. The fraction of sp³-hybridized carbons (Fsp3) is 0.923. The molecule has 1 aliphatic heterocycles. The van der Waals surface area contributed by atoms with Gasteiger partial charge in [0.2, 0.25) is 0 Å². The van der Waals surface area contributed by atoms with Gasteiger partial charge in [0.1, 0.15) is 0 Å². The van der Waals surface area contributed by atoms with E-state index in [1.54, 1.807) is 0 Å². The highest BCUT2D eigenvalue weighted by Gasteiger charge is 2.33. The summed E-state index contributed by atoms with van der Waals surface area (Å²) in [6, 6.07) is 0.441. The van der Waals surface area contributed by atoms with E-state index in [0.29, 0.717) is 12.0 Å². The highest BCUT2D eigenvalue weighted by atomic mass is 16.5. The molecule has 2 fully saturated rings. The van der Waals surface area contributed by atoms with Crippen molar-refractivity contribution >= 4 is 6.09 Å². The van der Waals surface area contributed by atoms with Crippen molar-refractivity contribution in [2.45, 2.75) is 38.6 Å². The van der Waals surface area contributed by atoms with Crippen LogP contribution >= 0.6 is 0 Å². The zero-order valence-corrected chi connectivity index (χ0v) is 10.9. The third kappa shape index (κ3) is 3.60. The molecular formula is C13H24N2O2. The number of likely N-dealkylation sites (tertiary alicyclic amines) is 1. The van der Waals surface area contributed by atoms with Gasteiger partial charge in [-0.1, -0.05) is 19.8 Å². The van der Waals surface area contributed by atoms with Crippen LogP contribution in [-0.4, -0.2) is 43.8 Å². The quantitative estimate of drug-likeness (QED) is 0.815. The molecule has 1 heterocycles. The Hall–Kier alpha value is -0.770. The average molecular weight is 240 g/mol. The summed E-state index contributed by atoms with van der Waals surface area (Å²) in [5, 5.41) is 3.47. The minimum atomic E-state index is -0.173. The van der Waals surface area contributed by atoms with Gasteiger partial charge in [-0.3, -0.25) is 0 Å². The van der Waals surface area contributed by atoms with E-state index in [9.17, 15) is 4.79 Å². The third-order valence-electron chi connectivity index (χ3n) is 3.83. The van der Waals surface area contributed by atoms with Gasteiger partial charge in [0.25, 0.3) is 0 Å². The zero-order chi connectivity index (χ0) is 12.3. The van der Waals surface area contributed by atoms with Crippen LogP contribution in [0.4, 0.5) is 4.79 Å². The normalized spacial score (nSPS) is 29.2. The molecule has 1 aliphatic carbocycles. The molecule has 0 radical (unpaired) electrons. The first kappa shape index (κ1) is 12.7. The summed E-state index contributed by atoms with van der Waals surface area (Å²) < 4.78 is 4.84. The van der Waals surface area contributed by atoms with E-state index in [4.69, 9.17) is 4.74 Å². The van der Waals surface area contributed by atoms with Crippen molar-refractivity contribution < 1.29 is 9.53 Å². The maximum Gasteiger partial charge on any atom is 0.409 e. The van der Waals surface area contributed by atoms with Crippen molar-refractivity contribution in [2.75, 3.05) is 26.7 Å². The Balaban J connectivity index is 1.90. The summed E-state index contributed by atoms with van der Waals surface area (Å²) in [7, 11) is 1.47. The summed E-state index contributed by atoms with van der Waals surface area (Å²) in [6.07, 6.45) is 5.10. The molecule has 2 rings (SSSR count). The number of rotatable bonds is 4. The summed E-state index contributed by atoms with van der Waals surface area (Å²) in [5.41, 5.74) is 0. The number of hydrogen-bond donors (Lipinski definition) is 1. The Morgan fingerprint density at radius 1 is 1.35 bits per heavy atom. The fourth-order valence-corrected chi connectivity index (χ4v) is 2.91. The largest absolute Gasteiger partial charge is 0.453 e. The van der Waals surface area contributed by atoms with Crippen LogP contribution in [0.2, 0.25) is 0 Å². The number of ether oxygens (including phenoxy) is 1. The van der Waals surface area contributed by atoms with E-state index in [1.807, 2.05) is 4.90 Å². The van der Waals surface area contributed by atoms with Crippen molar-refractivity contribution in [3.63, 3.8) is 0 Å². The molecule has 17 heavy (non-hydrogen) atoms. The molecule has 2 unspecified atom stereocenters. The number of nitrogens with one attached hydrogen (secondary N) is 1. The molecule has 2 atom stereocenters. The zero-order valence-electron chi connectivity index (χ0n) is 10.9. The van der Waals surface area contributed by atoms with Crippen LogP contribution in [-0.2, 0) is 4.74 Å². The van der Waals surface area contributed by atoms with Crippen LogP contribution < -0.4 is 5.32 Å². The Morgan fingerprint density at radius 2 is 2.12 bits per heavy atom. The van der Waals surface area contributed by atoms with Gasteiger partial charge in [-0.2, -0.15) is 0 Å². The molecule has 0 bridgehead atoms. The second-order valence-electron chi connectivity index (χ2n) is 5.41. The molecule has 1 saturated heterocycles. The molecular weight excluding hydrogens is 216 g/mol. The Bertz CT molecular complexity index is 266. The number of likely N-dealkylation sites (N-methyl/N-ethyl adjacent to an activating group) is 1. The van der Waals surface area contributed by atoms with Gasteiger partial charge >= 0.3 is 6.09 Å². The molecule has 2 aliphatic rings. The molecule has 0 aromatic rings. The lowest BCUT2D eigenvalue weighted by Crippen LogP contribution is -2.51. The average Bonchev–Trinajstić information content (AvgIpc) is 3.12. The highest BCUT2D eigenvalue weighted by molar-refractivity contribution is 5.67. The Morgan fingerprint density at radius 3 is 2.71 bits per heavy atom. The van der Waals surface area contributed by atoms with E-state index in [0.717, 1.165) is 25.6 Å². The lowest BCUT2D eigenvalue weighted by molar-refractivity contribution is 0.0883. The van der Waals surface area contributed by atoms with Crippen LogP contribution in [0.15, 0.2) is 0 Å². The second kappa shape index (κ2) is 5.71. The van der Waals surface area contributed by atoms with Gasteiger partial charge in [-0.25, -0.2) is 4.79 Å². The van der Waals surface area contributed by atoms with E-state index in [-0.39, 0.29) is 6.09 Å². The fourth-order valence-electron chi connectivity index (χ4n) is 2.91. The Kier molecular flexibility index (Phi) is 4.26. The van der Waals surface area contributed by atoms with Gasteiger partial charge in [0, 0.05) is 19.1 Å². The molecule has 1 saturated carbocycles. The van der Waals surface area contributed by atoms with Gasteiger partial charge < -0.3 is 15.0 Å². The maximum atomic E-state index is 11.6. The smallest absolute Gasteiger partial charge is 0.409 e. The standard InChI is InChI=1S/C13H24N2O2/c1-3-14-12-7-11(6-10-4-5-10)8-15(9-12)13(16)17-2/h10-12,14H,3-9H2,1-2H3. The summed E-state index contributed by atoms with van der Waals surface area (Å²) in [5.74, 6) is 1.58. The first-order chi connectivity index (χ1) is 8.22. The molecule has 4 heteroatoms. The Labute approximate surface area is 104 Å². The summed E-state index contributed by atoms with van der Waals surface area (Å²) in [6.45, 7) is 4.76. The summed E-state index contributed by atoms with van der Waals surface area (Å²) in [4.78, 5) is 13.5. The molecule has 1 N–H and O–H groups in total. The number of carbonyl (C=O) groups is 1. The number of methoxy groups -OCH3 is 1. The van der Waals surface area contributed by atoms with Gasteiger partial charge in [0.15, 0.2) is 0 Å². The minimum absolute atomic E-state index is 0.173. The van der Waals surface area contributed by atoms with Crippen molar-refractivity contribution in [2.24, 2.45) is 11.8 Å². The van der Waals surface area contributed by atoms with Crippen LogP contribution in [0.1, 0.15) is 32.6 Å². The van der Waals surface area contributed by atoms with Gasteiger partial charge in [-0.05, 0) is 31.2 Å². The van der Waals surface area contributed by atoms with E-state index >= 15 is 0 Å². The van der Waals surface area contributed by atoms with Crippen LogP contribution in [0.25, 0.3) is 0 Å². The second-order valence-corrected chi connectivity index (χ2v) is 5.41. The first-order valence-electron chi connectivity index (χ1n) is 6.79. The van der Waals surface area contributed by atoms with Crippen LogP contribution in [0.5, 0.6) is 0 Å². The molecule has 0 spiro atoms. The maximum absolute atomic E-state index is 11.6. The predicted octanol–water partition coefficient (Wildman–Crippen LogP) is 1.85.